The largest absolute Gasteiger partial charge is 0.0654 e. The van der Waals surface area contributed by atoms with Gasteiger partial charge in [-0.2, -0.15) is 0 Å². The van der Waals surface area contributed by atoms with Gasteiger partial charge < -0.3 is 0 Å². The highest BCUT2D eigenvalue weighted by Crippen LogP contribution is 2.45. The molecule has 0 heterocycles. The smallest absolute Gasteiger partial charge is 0.0319 e. The second kappa shape index (κ2) is 6.19. The molecule has 0 nitrogen and oxygen atoms in total. The minimum absolute atomic E-state index is 0.406. The Morgan fingerprint density at radius 1 is 1.05 bits per heavy atom. The molecule has 1 atom stereocenters. The van der Waals surface area contributed by atoms with Gasteiger partial charge in [0.25, 0.3) is 0 Å². The Morgan fingerprint density at radius 3 is 2.67 bits per heavy atom. The van der Waals surface area contributed by atoms with Gasteiger partial charge >= 0.3 is 0 Å². The third-order valence-electron chi connectivity index (χ3n) is 4.38. The van der Waals surface area contributed by atoms with Crippen molar-refractivity contribution in [1.82, 2.24) is 0 Å². The monoisotopic (exact) mass is 340 g/mol. The lowest BCUT2D eigenvalue weighted by atomic mass is 9.85. The van der Waals surface area contributed by atoms with Crippen LogP contribution in [-0.2, 0) is 6.42 Å². The van der Waals surface area contributed by atoms with Gasteiger partial charge in [0.1, 0.15) is 0 Å². The van der Waals surface area contributed by atoms with Gasteiger partial charge in [0.15, 0.2) is 0 Å². The van der Waals surface area contributed by atoms with E-state index in [1.165, 1.54) is 51.6 Å². The summed E-state index contributed by atoms with van der Waals surface area (Å²) in [5.41, 5.74) is 7.21. The summed E-state index contributed by atoms with van der Waals surface area (Å²) in [6.07, 6.45) is 6.01. The first-order valence-corrected chi connectivity index (χ1v) is 8.56. The number of halogens is 1. The summed E-state index contributed by atoms with van der Waals surface area (Å²) < 4.78 is 1.23. The van der Waals surface area contributed by atoms with E-state index < -0.39 is 0 Å². The number of fused-ring (bicyclic) bond motifs is 1. The van der Waals surface area contributed by atoms with Gasteiger partial charge in [-0.1, -0.05) is 77.3 Å². The molecule has 0 saturated heterocycles. The van der Waals surface area contributed by atoms with Crippen LogP contribution in [0.5, 0.6) is 0 Å². The summed E-state index contributed by atoms with van der Waals surface area (Å²) in [6, 6.07) is 15.5. The van der Waals surface area contributed by atoms with Crippen molar-refractivity contribution in [3.63, 3.8) is 0 Å². The van der Waals surface area contributed by atoms with Gasteiger partial charge in [0.2, 0.25) is 0 Å². The summed E-state index contributed by atoms with van der Waals surface area (Å²) in [6.45, 7) is 4.52. The van der Waals surface area contributed by atoms with Crippen LogP contribution in [0.15, 0.2) is 52.5 Å². The Morgan fingerprint density at radius 2 is 1.86 bits per heavy atom. The van der Waals surface area contributed by atoms with Crippen molar-refractivity contribution in [2.24, 2.45) is 0 Å². The van der Waals surface area contributed by atoms with Crippen LogP contribution in [0.1, 0.15) is 54.9 Å². The molecule has 1 heteroatoms. The second-order valence-corrected chi connectivity index (χ2v) is 6.72. The topological polar surface area (TPSA) is 0 Å². The van der Waals surface area contributed by atoms with Crippen molar-refractivity contribution < 1.29 is 0 Å². The lowest BCUT2D eigenvalue weighted by Crippen LogP contribution is -2.05. The van der Waals surface area contributed by atoms with Gasteiger partial charge in [-0.3, -0.25) is 0 Å². The van der Waals surface area contributed by atoms with E-state index in [4.69, 9.17) is 0 Å². The molecule has 0 aliphatic heterocycles. The maximum atomic E-state index is 3.76. The SMILES string of the molecule is CCCCc1ccccc1C1C(C)=Cc2cccc(Br)c21. The zero-order chi connectivity index (χ0) is 14.8. The maximum Gasteiger partial charge on any atom is 0.0319 e. The molecule has 3 rings (SSSR count). The van der Waals surface area contributed by atoms with Crippen LogP contribution in [0.2, 0.25) is 0 Å². The molecular formula is C20H21Br. The van der Waals surface area contributed by atoms with Gasteiger partial charge in [0.05, 0.1) is 0 Å². The highest BCUT2D eigenvalue weighted by molar-refractivity contribution is 9.10. The minimum Gasteiger partial charge on any atom is -0.0654 e. The molecule has 21 heavy (non-hydrogen) atoms. The quantitative estimate of drug-likeness (QED) is 0.609. The molecule has 108 valence electrons. The molecule has 2 aromatic rings. The van der Waals surface area contributed by atoms with Crippen LogP contribution in [0.3, 0.4) is 0 Å². The first-order chi connectivity index (χ1) is 10.2. The van der Waals surface area contributed by atoms with Crippen LogP contribution in [-0.4, -0.2) is 0 Å². The molecule has 1 unspecified atom stereocenters. The van der Waals surface area contributed by atoms with Crippen LogP contribution < -0.4 is 0 Å². The van der Waals surface area contributed by atoms with Crippen molar-refractivity contribution >= 4 is 22.0 Å². The lowest BCUT2D eigenvalue weighted by molar-refractivity contribution is 0.781. The van der Waals surface area contributed by atoms with Gasteiger partial charge in [-0.05, 0) is 48.1 Å². The average molecular weight is 341 g/mol. The van der Waals surface area contributed by atoms with Crippen LogP contribution >= 0.6 is 15.9 Å². The van der Waals surface area contributed by atoms with E-state index >= 15 is 0 Å². The maximum absolute atomic E-state index is 3.76. The Labute approximate surface area is 136 Å². The van der Waals surface area contributed by atoms with E-state index in [-0.39, 0.29) is 0 Å². The summed E-state index contributed by atoms with van der Waals surface area (Å²) in [7, 11) is 0. The van der Waals surface area contributed by atoms with E-state index in [0.29, 0.717) is 5.92 Å². The normalized spacial score (nSPS) is 16.7. The number of unbranched alkanes of at least 4 members (excludes halogenated alkanes) is 1. The lowest BCUT2D eigenvalue weighted by Gasteiger charge is -2.20. The molecule has 1 aliphatic rings. The number of hydrogen-bond donors (Lipinski definition) is 0. The zero-order valence-electron chi connectivity index (χ0n) is 12.7. The van der Waals surface area contributed by atoms with Gasteiger partial charge in [-0.15, -0.1) is 0 Å². The Hall–Kier alpha value is -1.34. The fraction of sp³-hybridized carbons (Fsp3) is 0.300. The van der Waals surface area contributed by atoms with Gasteiger partial charge in [0, 0.05) is 10.4 Å². The van der Waals surface area contributed by atoms with E-state index in [1.54, 1.807) is 0 Å². The third kappa shape index (κ3) is 2.72. The summed E-state index contributed by atoms with van der Waals surface area (Å²) >= 11 is 3.76. The summed E-state index contributed by atoms with van der Waals surface area (Å²) in [5, 5.41) is 0. The highest BCUT2D eigenvalue weighted by atomic mass is 79.9. The minimum atomic E-state index is 0.406. The molecule has 0 spiro atoms. The van der Waals surface area contributed by atoms with Crippen molar-refractivity contribution in [3.8, 4) is 0 Å². The van der Waals surface area contributed by atoms with Crippen molar-refractivity contribution in [2.45, 2.75) is 39.0 Å². The molecule has 1 aliphatic carbocycles. The molecule has 0 N–H and O–H groups in total. The van der Waals surface area contributed by atoms with E-state index in [9.17, 15) is 0 Å². The highest BCUT2D eigenvalue weighted by Gasteiger charge is 2.27. The Bertz CT molecular complexity index is 682. The van der Waals surface area contributed by atoms with Crippen molar-refractivity contribution in [3.05, 3.63) is 74.8 Å². The number of rotatable bonds is 4. The standard InChI is InChI=1S/C20H21Br/c1-3-4-8-15-9-5-6-11-17(15)19-14(2)13-16-10-7-12-18(21)20(16)19/h5-7,9-13,19H,3-4,8H2,1-2H3. The number of benzene rings is 2. The van der Waals surface area contributed by atoms with Crippen LogP contribution in [0.25, 0.3) is 6.08 Å². The number of hydrogen-bond acceptors (Lipinski definition) is 0. The predicted molar refractivity (Wildman–Crippen MR) is 94.7 cm³/mol. The molecule has 0 aromatic heterocycles. The predicted octanol–water partition coefficient (Wildman–Crippen LogP) is 6.34. The third-order valence-corrected chi connectivity index (χ3v) is 5.07. The molecule has 0 radical (unpaired) electrons. The summed E-state index contributed by atoms with van der Waals surface area (Å²) in [4.78, 5) is 0. The molecule has 0 fully saturated rings. The Kier molecular flexibility index (Phi) is 4.30. The number of aryl methyl sites for hydroxylation is 1. The van der Waals surface area contributed by atoms with E-state index in [2.05, 4.69) is 78.3 Å². The zero-order valence-corrected chi connectivity index (χ0v) is 14.3. The van der Waals surface area contributed by atoms with Crippen LogP contribution in [0, 0.1) is 0 Å². The molecule has 0 bridgehead atoms. The van der Waals surface area contributed by atoms with Crippen molar-refractivity contribution in [1.29, 1.82) is 0 Å². The van der Waals surface area contributed by atoms with Crippen LogP contribution in [0.4, 0.5) is 0 Å². The first kappa shape index (κ1) is 14.6. The number of allylic oxidation sites excluding steroid dienone is 1. The van der Waals surface area contributed by atoms with Gasteiger partial charge in [-0.25, -0.2) is 0 Å². The molecule has 2 aromatic carbocycles. The van der Waals surface area contributed by atoms with Crippen molar-refractivity contribution in [2.75, 3.05) is 0 Å². The molecular weight excluding hydrogens is 320 g/mol. The second-order valence-electron chi connectivity index (χ2n) is 5.87. The molecule has 0 saturated carbocycles. The fourth-order valence-corrected chi connectivity index (χ4v) is 3.96. The average Bonchev–Trinajstić information content (AvgIpc) is 2.83. The Balaban J connectivity index is 2.08. The van der Waals surface area contributed by atoms with E-state index in [0.717, 1.165) is 0 Å². The fourth-order valence-electron chi connectivity index (χ4n) is 3.35. The van der Waals surface area contributed by atoms with E-state index in [1.807, 2.05) is 0 Å². The molecule has 0 amide bonds. The summed E-state index contributed by atoms with van der Waals surface area (Å²) in [5.74, 6) is 0.406. The first-order valence-electron chi connectivity index (χ1n) is 7.76.